The fraction of sp³-hybridized carbons (Fsp3) is 0.263. The van der Waals surface area contributed by atoms with E-state index in [-0.39, 0.29) is 18.4 Å². The summed E-state index contributed by atoms with van der Waals surface area (Å²) in [5, 5.41) is 2.35. The van der Waals surface area contributed by atoms with E-state index in [0.29, 0.717) is 5.56 Å². The Morgan fingerprint density at radius 2 is 1.21 bits per heavy atom. The maximum Gasteiger partial charge on any atom is 0.416 e. The summed E-state index contributed by atoms with van der Waals surface area (Å²) < 4.78 is 75.4. The molecule has 0 aliphatic heterocycles. The topological polar surface area (TPSA) is 72.2 Å². The van der Waals surface area contributed by atoms with Gasteiger partial charge in [-0.1, -0.05) is 24.3 Å². The number of nitrogens with one attached hydrogen (secondary N) is 1. The lowest BCUT2D eigenvalue weighted by molar-refractivity contribution is -0.138. The number of rotatable bonds is 6. The third-order valence-corrected chi connectivity index (χ3v) is 4.05. The lowest BCUT2D eigenvalue weighted by atomic mass is 10.0. The van der Waals surface area contributed by atoms with Gasteiger partial charge in [-0.05, 0) is 35.4 Å². The molecule has 2 aromatic rings. The molecule has 3 N–H and O–H groups in total. The van der Waals surface area contributed by atoms with E-state index in [1.807, 2.05) is 0 Å². The van der Waals surface area contributed by atoms with E-state index in [0.717, 1.165) is 36.4 Å². The molecule has 156 valence electrons. The molecule has 2 aromatic carbocycles. The summed E-state index contributed by atoms with van der Waals surface area (Å²) in [5.74, 6) is -1.56. The number of hydrogen-bond acceptors (Lipinski definition) is 2. The molecular weight excluding hydrogens is 402 g/mol. The molecule has 2 rings (SSSR count). The number of amides is 2. The van der Waals surface area contributed by atoms with Crippen LogP contribution in [-0.4, -0.2) is 17.9 Å². The molecule has 0 heterocycles. The van der Waals surface area contributed by atoms with Gasteiger partial charge in [0.05, 0.1) is 17.5 Å². The largest absolute Gasteiger partial charge is 0.416 e. The minimum atomic E-state index is -4.50. The summed E-state index contributed by atoms with van der Waals surface area (Å²) in [6.45, 7) is 0. The van der Waals surface area contributed by atoms with Gasteiger partial charge in [-0.25, -0.2) is 0 Å². The first-order chi connectivity index (χ1) is 13.4. The predicted octanol–water partition coefficient (Wildman–Crippen LogP) is 3.48. The number of halogens is 6. The van der Waals surface area contributed by atoms with Crippen LogP contribution in [0.4, 0.5) is 26.3 Å². The predicted molar refractivity (Wildman–Crippen MR) is 91.4 cm³/mol. The minimum absolute atomic E-state index is 0.133. The first kappa shape index (κ1) is 22.3. The molecular formula is C19H16F6N2O2. The number of hydrogen-bond donors (Lipinski definition) is 2. The third kappa shape index (κ3) is 6.51. The van der Waals surface area contributed by atoms with Crippen LogP contribution in [0, 0.1) is 0 Å². The number of carbonyl (C=O) groups excluding carboxylic acids is 2. The Hall–Kier alpha value is -3.04. The number of nitrogens with two attached hydrogens (primary N) is 1. The zero-order valence-electron chi connectivity index (χ0n) is 14.8. The molecule has 4 nitrogen and oxygen atoms in total. The smallest absolute Gasteiger partial charge is 0.368 e. The van der Waals surface area contributed by atoms with Crippen LogP contribution in [0.2, 0.25) is 0 Å². The Labute approximate surface area is 161 Å². The van der Waals surface area contributed by atoms with Crippen molar-refractivity contribution in [2.24, 2.45) is 5.73 Å². The fourth-order valence-corrected chi connectivity index (χ4v) is 2.53. The average molecular weight is 418 g/mol. The lowest BCUT2D eigenvalue weighted by Crippen LogP contribution is -2.46. The molecule has 2 amide bonds. The second-order valence-corrected chi connectivity index (χ2v) is 6.29. The Bertz CT molecular complexity index is 858. The first-order valence-corrected chi connectivity index (χ1v) is 8.27. The van der Waals surface area contributed by atoms with Crippen LogP contribution >= 0.6 is 0 Å². The van der Waals surface area contributed by atoms with Gasteiger partial charge in [-0.3, -0.25) is 9.59 Å². The zero-order valence-corrected chi connectivity index (χ0v) is 14.8. The van der Waals surface area contributed by atoms with Gasteiger partial charge >= 0.3 is 12.4 Å². The van der Waals surface area contributed by atoms with Crippen LogP contribution in [0.3, 0.4) is 0 Å². The van der Waals surface area contributed by atoms with Crippen molar-refractivity contribution >= 4 is 11.8 Å². The summed E-state index contributed by atoms with van der Waals surface area (Å²) in [5.41, 5.74) is 4.14. The van der Waals surface area contributed by atoms with Gasteiger partial charge in [0.25, 0.3) is 0 Å². The van der Waals surface area contributed by atoms with E-state index in [4.69, 9.17) is 5.73 Å². The van der Waals surface area contributed by atoms with Crippen LogP contribution in [-0.2, 0) is 34.8 Å². The Kier molecular flexibility index (Phi) is 6.55. The molecule has 10 heteroatoms. The monoisotopic (exact) mass is 418 g/mol. The van der Waals surface area contributed by atoms with E-state index in [9.17, 15) is 35.9 Å². The number of primary amides is 1. The quantitative estimate of drug-likeness (QED) is 0.706. The summed E-state index contributed by atoms with van der Waals surface area (Å²) in [6.07, 6.45) is -9.43. The van der Waals surface area contributed by atoms with Crippen molar-refractivity contribution in [3.63, 3.8) is 0 Å². The lowest BCUT2D eigenvalue weighted by Gasteiger charge is -2.16. The Balaban J connectivity index is 2.01. The van der Waals surface area contributed by atoms with Crippen molar-refractivity contribution in [2.45, 2.75) is 31.2 Å². The van der Waals surface area contributed by atoms with E-state index in [1.54, 1.807) is 0 Å². The van der Waals surface area contributed by atoms with Crippen molar-refractivity contribution in [3.05, 3.63) is 70.8 Å². The molecule has 0 fully saturated rings. The van der Waals surface area contributed by atoms with Crippen molar-refractivity contribution in [1.29, 1.82) is 0 Å². The second-order valence-electron chi connectivity index (χ2n) is 6.29. The molecule has 1 atom stereocenters. The molecule has 0 bridgehead atoms. The molecule has 0 aliphatic rings. The van der Waals surface area contributed by atoms with Gasteiger partial charge in [0.1, 0.15) is 6.04 Å². The Morgan fingerprint density at radius 3 is 1.59 bits per heavy atom. The molecule has 0 saturated carbocycles. The average Bonchev–Trinajstić information content (AvgIpc) is 2.60. The highest BCUT2D eigenvalue weighted by molar-refractivity contribution is 5.87. The van der Waals surface area contributed by atoms with Crippen molar-refractivity contribution in [2.75, 3.05) is 0 Å². The third-order valence-electron chi connectivity index (χ3n) is 4.05. The minimum Gasteiger partial charge on any atom is -0.368 e. The summed E-state index contributed by atoms with van der Waals surface area (Å²) in [6, 6.07) is 6.77. The molecule has 0 unspecified atom stereocenters. The van der Waals surface area contributed by atoms with Gasteiger partial charge in [0.2, 0.25) is 11.8 Å². The number of alkyl halides is 6. The molecule has 0 radical (unpaired) electrons. The zero-order chi connectivity index (χ0) is 21.8. The maximum absolute atomic E-state index is 12.6. The first-order valence-electron chi connectivity index (χ1n) is 8.27. The highest BCUT2D eigenvalue weighted by Gasteiger charge is 2.31. The second kappa shape index (κ2) is 8.54. The summed E-state index contributed by atoms with van der Waals surface area (Å²) >= 11 is 0. The SMILES string of the molecule is NC(=O)[C@H](Cc1ccc(C(F)(F)F)cc1)NC(=O)Cc1ccc(C(F)(F)F)cc1. The van der Waals surface area contributed by atoms with Gasteiger partial charge in [0, 0.05) is 6.42 Å². The normalized spacial score (nSPS) is 13.0. The van der Waals surface area contributed by atoms with Crippen molar-refractivity contribution in [1.82, 2.24) is 5.32 Å². The highest BCUT2D eigenvalue weighted by Crippen LogP contribution is 2.30. The van der Waals surface area contributed by atoms with Crippen molar-refractivity contribution < 1.29 is 35.9 Å². The van der Waals surface area contributed by atoms with Crippen LogP contribution in [0.1, 0.15) is 22.3 Å². The maximum atomic E-state index is 12.6. The Morgan fingerprint density at radius 1 is 0.793 bits per heavy atom. The molecule has 0 aromatic heterocycles. The van der Waals surface area contributed by atoms with Crippen LogP contribution in [0.25, 0.3) is 0 Å². The molecule has 0 aliphatic carbocycles. The van der Waals surface area contributed by atoms with Gasteiger partial charge in [0.15, 0.2) is 0 Å². The van der Waals surface area contributed by atoms with E-state index in [2.05, 4.69) is 5.32 Å². The molecule has 0 saturated heterocycles. The summed E-state index contributed by atoms with van der Waals surface area (Å²) in [7, 11) is 0. The summed E-state index contributed by atoms with van der Waals surface area (Å²) in [4.78, 5) is 23.7. The number of carbonyl (C=O) groups is 2. The highest BCUT2D eigenvalue weighted by atomic mass is 19.4. The van der Waals surface area contributed by atoms with Crippen LogP contribution in [0.5, 0.6) is 0 Å². The molecule has 29 heavy (non-hydrogen) atoms. The van der Waals surface area contributed by atoms with E-state index >= 15 is 0 Å². The fourth-order valence-electron chi connectivity index (χ4n) is 2.53. The number of benzene rings is 2. The van der Waals surface area contributed by atoms with Gasteiger partial charge in [-0.15, -0.1) is 0 Å². The van der Waals surface area contributed by atoms with Gasteiger partial charge < -0.3 is 11.1 Å². The van der Waals surface area contributed by atoms with Crippen LogP contribution < -0.4 is 11.1 Å². The van der Waals surface area contributed by atoms with E-state index < -0.39 is 41.3 Å². The molecule has 0 spiro atoms. The standard InChI is InChI=1S/C19H16F6N2O2/c20-18(21,22)13-5-1-11(2-6-13)9-15(17(26)29)27-16(28)10-12-3-7-14(8-4-12)19(23,24)25/h1-8,15H,9-10H2,(H2,26,29)(H,27,28)/t15-/m0/s1. The van der Waals surface area contributed by atoms with Gasteiger partial charge in [-0.2, -0.15) is 26.3 Å². The van der Waals surface area contributed by atoms with E-state index in [1.165, 1.54) is 12.1 Å². The van der Waals surface area contributed by atoms with Crippen molar-refractivity contribution in [3.8, 4) is 0 Å². The van der Waals surface area contributed by atoms with Crippen LogP contribution in [0.15, 0.2) is 48.5 Å².